The fourth-order valence-corrected chi connectivity index (χ4v) is 6.24. The van der Waals surface area contributed by atoms with Gasteiger partial charge in [-0.2, -0.15) is 0 Å². The summed E-state index contributed by atoms with van der Waals surface area (Å²) in [7, 11) is 1.74. The third-order valence-corrected chi connectivity index (χ3v) is 8.42. The lowest BCUT2D eigenvalue weighted by Crippen LogP contribution is -2.51. The summed E-state index contributed by atoms with van der Waals surface area (Å²) >= 11 is 0. The second-order valence-corrected chi connectivity index (χ2v) is 11.3. The minimum absolute atomic E-state index is 0.0901. The Kier molecular flexibility index (Phi) is 6.21. The van der Waals surface area contributed by atoms with E-state index in [0.29, 0.717) is 26.2 Å². The number of hydrogen-bond donors (Lipinski definition) is 2. The van der Waals surface area contributed by atoms with E-state index < -0.39 is 0 Å². The van der Waals surface area contributed by atoms with Crippen LogP contribution in [0.15, 0.2) is 30.6 Å². The van der Waals surface area contributed by atoms with E-state index in [2.05, 4.69) is 54.3 Å². The Balaban J connectivity index is 1.36. The zero-order valence-corrected chi connectivity index (χ0v) is 22.3. The number of rotatable bonds is 3. The van der Waals surface area contributed by atoms with E-state index >= 15 is 0 Å². The first-order chi connectivity index (χ1) is 17.8. The summed E-state index contributed by atoms with van der Waals surface area (Å²) in [5.41, 5.74) is 7.95. The molecule has 0 aliphatic carbocycles. The molecule has 2 atom stereocenters. The topological polar surface area (TPSA) is 82.7 Å². The van der Waals surface area contributed by atoms with Crippen molar-refractivity contribution in [2.24, 2.45) is 0 Å². The second-order valence-electron chi connectivity index (χ2n) is 11.3. The van der Waals surface area contributed by atoms with Gasteiger partial charge in [-0.1, -0.05) is 6.07 Å². The normalized spacial score (nSPS) is 23.5. The van der Waals surface area contributed by atoms with Gasteiger partial charge in [-0.3, -0.25) is 0 Å². The lowest BCUT2D eigenvalue weighted by atomic mass is 9.87. The number of morpholine rings is 1. The quantitative estimate of drug-likeness (QED) is 0.561. The summed E-state index contributed by atoms with van der Waals surface area (Å²) < 4.78 is 11.5. The van der Waals surface area contributed by atoms with Crippen molar-refractivity contribution in [2.75, 3.05) is 40.0 Å². The average Bonchev–Trinajstić information content (AvgIpc) is 3.45. The highest BCUT2D eigenvalue weighted by Gasteiger charge is 2.43. The van der Waals surface area contributed by atoms with Crippen LogP contribution in [0, 0.1) is 6.92 Å². The van der Waals surface area contributed by atoms with E-state index in [9.17, 15) is 4.79 Å². The Bertz CT molecular complexity index is 1330. The lowest BCUT2D eigenvalue weighted by Gasteiger charge is -2.39. The molecule has 2 aromatic heterocycles. The molecule has 0 radical (unpaired) electrons. The molecule has 1 unspecified atom stereocenters. The predicted molar refractivity (Wildman–Crippen MR) is 144 cm³/mol. The van der Waals surface area contributed by atoms with Crippen LogP contribution in [-0.2, 0) is 22.4 Å². The Morgan fingerprint density at radius 1 is 1.24 bits per heavy atom. The highest BCUT2D eigenvalue weighted by atomic mass is 16.5. The number of carbonyl (C=O) groups excluding carboxylic acids is 1. The van der Waals surface area contributed by atoms with E-state index in [1.807, 2.05) is 22.2 Å². The first-order valence-corrected chi connectivity index (χ1v) is 13.3. The summed E-state index contributed by atoms with van der Waals surface area (Å²) in [6, 6.07) is 7.02. The van der Waals surface area contributed by atoms with Crippen LogP contribution in [0.25, 0.3) is 22.2 Å². The van der Waals surface area contributed by atoms with E-state index in [-0.39, 0.29) is 23.7 Å². The van der Waals surface area contributed by atoms with Crippen molar-refractivity contribution in [3.8, 4) is 11.1 Å². The van der Waals surface area contributed by atoms with E-state index in [4.69, 9.17) is 9.47 Å². The van der Waals surface area contributed by atoms with Gasteiger partial charge in [0.05, 0.1) is 25.4 Å². The fraction of sp³-hybridized carbons (Fsp3) is 0.517. The number of amides is 2. The van der Waals surface area contributed by atoms with Crippen LogP contribution in [0.3, 0.4) is 0 Å². The van der Waals surface area contributed by atoms with Gasteiger partial charge in [0.25, 0.3) is 0 Å². The third-order valence-electron chi connectivity index (χ3n) is 8.42. The number of carbonyl (C=O) groups is 1. The molecule has 0 saturated carbocycles. The number of hydrogen-bond acceptors (Lipinski definition) is 5. The molecular formula is C29H37N5O3. The highest BCUT2D eigenvalue weighted by molar-refractivity contribution is 5.85. The molecule has 8 nitrogen and oxygen atoms in total. The van der Waals surface area contributed by atoms with Crippen molar-refractivity contribution < 1.29 is 14.3 Å². The summed E-state index contributed by atoms with van der Waals surface area (Å²) in [5, 5.41) is 4.80. The maximum atomic E-state index is 13.7. The molecule has 196 valence electrons. The van der Waals surface area contributed by atoms with Crippen LogP contribution in [0.4, 0.5) is 4.79 Å². The number of likely N-dealkylation sites (tertiary alicyclic amines) is 1. The molecule has 37 heavy (non-hydrogen) atoms. The fourth-order valence-electron chi connectivity index (χ4n) is 6.24. The molecule has 6 rings (SSSR count). The van der Waals surface area contributed by atoms with E-state index in [0.717, 1.165) is 42.6 Å². The largest absolute Gasteiger partial charge is 0.380 e. The molecule has 0 bridgehead atoms. The molecule has 3 aromatic rings. The number of nitrogens with one attached hydrogen (secondary N) is 2. The maximum Gasteiger partial charge on any atom is 0.320 e. The molecule has 2 N–H and O–H groups in total. The Morgan fingerprint density at radius 2 is 2.11 bits per heavy atom. The van der Waals surface area contributed by atoms with Gasteiger partial charge in [0, 0.05) is 62.2 Å². The molecule has 0 spiro atoms. The van der Waals surface area contributed by atoms with Crippen LogP contribution >= 0.6 is 0 Å². The molecule has 2 fully saturated rings. The lowest BCUT2D eigenvalue weighted by molar-refractivity contribution is 0.0760. The van der Waals surface area contributed by atoms with Gasteiger partial charge in [-0.25, -0.2) is 9.78 Å². The SMILES string of the molecule is COC1CN(C(=O)N2CCc3cc(-c4cnc5[nH]cc(C)c5c4)cc([C@@H]4COCCN4)c3C2)C(C)(C)C1. The van der Waals surface area contributed by atoms with Crippen molar-refractivity contribution in [3.05, 3.63) is 52.8 Å². The summed E-state index contributed by atoms with van der Waals surface area (Å²) in [5.74, 6) is 0. The summed E-state index contributed by atoms with van der Waals surface area (Å²) in [4.78, 5) is 25.7. The Hall–Kier alpha value is -2.94. The smallest absolute Gasteiger partial charge is 0.320 e. The van der Waals surface area contributed by atoms with Crippen molar-refractivity contribution in [1.82, 2.24) is 25.1 Å². The van der Waals surface area contributed by atoms with Crippen molar-refractivity contribution in [3.63, 3.8) is 0 Å². The third kappa shape index (κ3) is 4.41. The molecule has 5 heterocycles. The first kappa shape index (κ1) is 24.4. The molecule has 1 aromatic carbocycles. The number of urea groups is 1. The minimum atomic E-state index is -0.217. The number of benzene rings is 1. The van der Waals surface area contributed by atoms with Gasteiger partial charge in [0.2, 0.25) is 0 Å². The number of ether oxygens (including phenoxy) is 2. The van der Waals surface area contributed by atoms with E-state index in [1.165, 1.54) is 27.8 Å². The number of aromatic amines is 1. The number of nitrogens with zero attached hydrogens (tertiary/aromatic N) is 3. The molecule has 3 aliphatic heterocycles. The van der Waals surface area contributed by atoms with Gasteiger partial charge in [0.15, 0.2) is 0 Å². The van der Waals surface area contributed by atoms with Gasteiger partial charge in [0.1, 0.15) is 5.65 Å². The standard InChI is InChI=1S/C29H37N5O3/c1-18-13-31-27-23(18)11-21(14-32-27)20-9-19-5-7-33(28(35)34-15-22(36-4)12-29(34,2)3)16-25(19)24(10-20)26-17-37-8-6-30-26/h9-11,13-14,22,26,30H,5-8,12,15-17H2,1-4H3,(H,31,32)/t22?,26-/m0/s1. The van der Waals surface area contributed by atoms with Crippen LogP contribution in [0.2, 0.25) is 0 Å². The Labute approximate surface area is 218 Å². The monoisotopic (exact) mass is 503 g/mol. The van der Waals surface area contributed by atoms with Crippen LogP contribution in [0.1, 0.15) is 48.6 Å². The highest BCUT2D eigenvalue weighted by Crippen LogP contribution is 2.36. The molecular weight excluding hydrogens is 466 g/mol. The van der Waals surface area contributed by atoms with Gasteiger partial charge >= 0.3 is 6.03 Å². The van der Waals surface area contributed by atoms with Crippen molar-refractivity contribution in [2.45, 2.75) is 57.8 Å². The first-order valence-electron chi connectivity index (χ1n) is 13.3. The summed E-state index contributed by atoms with van der Waals surface area (Å²) in [6.07, 6.45) is 5.74. The van der Waals surface area contributed by atoms with Gasteiger partial charge in [-0.15, -0.1) is 0 Å². The number of fused-ring (bicyclic) bond motifs is 2. The minimum Gasteiger partial charge on any atom is -0.380 e. The van der Waals surface area contributed by atoms with Crippen LogP contribution < -0.4 is 5.32 Å². The summed E-state index contributed by atoms with van der Waals surface area (Å²) in [6.45, 7) is 10.5. The number of aryl methyl sites for hydroxylation is 1. The van der Waals surface area contributed by atoms with Gasteiger partial charge in [-0.05, 0) is 73.6 Å². The molecule has 3 aliphatic rings. The predicted octanol–water partition coefficient (Wildman–Crippen LogP) is 4.18. The van der Waals surface area contributed by atoms with Crippen molar-refractivity contribution >= 4 is 17.1 Å². The number of pyridine rings is 1. The maximum absolute atomic E-state index is 13.7. The number of methoxy groups -OCH3 is 1. The van der Waals surface area contributed by atoms with Crippen LogP contribution in [-0.4, -0.2) is 77.4 Å². The number of H-pyrrole nitrogens is 1. The number of aromatic nitrogens is 2. The molecule has 8 heteroatoms. The molecule has 2 amide bonds. The zero-order valence-electron chi connectivity index (χ0n) is 22.3. The van der Waals surface area contributed by atoms with Gasteiger partial charge < -0.3 is 29.6 Å². The van der Waals surface area contributed by atoms with E-state index in [1.54, 1.807) is 7.11 Å². The average molecular weight is 504 g/mol. The zero-order chi connectivity index (χ0) is 25.7. The molecule has 2 saturated heterocycles. The van der Waals surface area contributed by atoms with Crippen LogP contribution in [0.5, 0.6) is 0 Å². The Morgan fingerprint density at radius 3 is 2.86 bits per heavy atom. The van der Waals surface area contributed by atoms with Crippen molar-refractivity contribution in [1.29, 1.82) is 0 Å². The second kappa shape index (κ2) is 9.42.